The summed E-state index contributed by atoms with van der Waals surface area (Å²) >= 11 is 0. The first-order valence-corrected chi connectivity index (χ1v) is 10.6. The van der Waals surface area contributed by atoms with E-state index in [0.717, 1.165) is 23.9 Å². The van der Waals surface area contributed by atoms with Crippen molar-refractivity contribution in [1.29, 1.82) is 0 Å². The van der Waals surface area contributed by atoms with Crippen LogP contribution in [0, 0.1) is 11.6 Å². The van der Waals surface area contributed by atoms with Crippen LogP contribution in [0.5, 0.6) is 0 Å². The number of anilines is 1. The minimum absolute atomic E-state index is 0.169. The molecule has 1 saturated heterocycles. The number of carboxylic acids is 1. The molecule has 1 aliphatic heterocycles. The normalized spacial score (nSPS) is 14.9. The quantitative estimate of drug-likeness (QED) is 0.714. The van der Waals surface area contributed by atoms with E-state index in [4.69, 9.17) is 5.11 Å². The van der Waals surface area contributed by atoms with Crippen LogP contribution in [-0.2, 0) is 26.2 Å². The van der Waals surface area contributed by atoms with E-state index in [-0.39, 0.29) is 16.2 Å². The fraction of sp³-hybridized carbons (Fsp3) is 0.300. The standard InChI is InChI=1S/C20H20F2N2O5S/c21-15-1-6-19(22)14(11-15)12-24(13-20(26)27)30(28,29)18-4-2-16(3-5-18)23-9-7-17(25)8-10-23/h1-6,11H,7-10,12-13H2,(H,26,27). The maximum atomic E-state index is 14.0. The van der Waals surface area contributed by atoms with E-state index in [1.807, 2.05) is 4.90 Å². The molecule has 0 bridgehead atoms. The number of hydrogen-bond donors (Lipinski definition) is 1. The van der Waals surface area contributed by atoms with Gasteiger partial charge in [0.05, 0.1) is 4.90 Å². The molecule has 1 heterocycles. The fourth-order valence-corrected chi connectivity index (χ4v) is 4.59. The predicted octanol–water partition coefficient (Wildman–Crippen LogP) is 2.41. The molecule has 160 valence electrons. The molecule has 3 rings (SSSR count). The third-order valence-corrected chi connectivity index (χ3v) is 6.63. The smallest absolute Gasteiger partial charge is 0.318 e. The number of carboxylic acid groups (broad SMARTS) is 1. The lowest BCUT2D eigenvalue weighted by molar-refractivity contribution is -0.137. The Morgan fingerprint density at radius 1 is 1.07 bits per heavy atom. The van der Waals surface area contributed by atoms with Crippen LogP contribution in [-0.4, -0.2) is 49.2 Å². The van der Waals surface area contributed by atoms with Gasteiger partial charge in [-0.15, -0.1) is 0 Å². The number of halogens is 2. The molecule has 0 aromatic heterocycles. The Hall–Kier alpha value is -2.85. The first kappa shape index (κ1) is 21.8. The van der Waals surface area contributed by atoms with Gasteiger partial charge in [0.2, 0.25) is 10.0 Å². The summed E-state index contributed by atoms with van der Waals surface area (Å²) < 4.78 is 54.0. The molecule has 1 aliphatic rings. The average molecular weight is 438 g/mol. The van der Waals surface area contributed by atoms with Crippen molar-refractivity contribution in [2.24, 2.45) is 0 Å². The molecule has 10 heteroatoms. The van der Waals surface area contributed by atoms with Crippen LogP contribution in [0.1, 0.15) is 18.4 Å². The van der Waals surface area contributed by atoms with E-state index in [2.05, 4.69) is 0 Å². The van der Waals surface area contributed by atoms with Crippen LogP contribution in [0.15, 0.2) is 47.4 Å². The van der Waals surface area contributed by atoms with Crippen molar-refractivity contribution in [3.05, 3.63) is 59.7 Å². The maximum Gasteiger partial charge on any atom is 0.318 e. The van der Waals surface area contributed by atoms with Crippen molar-refractivity contribution in [1.82, 2.24) is 4.31 Å². The van der Waals surface area contributed by atoms with Crippen molar-refractivity contribution < 1.29 is 31.9 Å². The van der Waals surface area contributed by atoms with Crippen LogP contribution in [0.2, 0.25) is 0 Å². The highest BCUT2D eigenvalue weighted by Gasteiger charge is 2.28. The fourth-order valence-electron chi connectivity index (χ4n) is 3.22. The molecule has 2 aromatic rings. The van der Waals surface area contributed by atoms with E-state index >= 15 is 0 Å². The van der Waals surface area contributed by atoms with Crippen LogP contribution < -0.4 is 4.90 Å². The Morgan fingerprint density at radius 3 is 2.30 bits per heavy atom. The zero-order valence-electron chi connectivity index (χ0n) is 15.9. The molecule has 0 amide bonds. The lowest BCUT2D eigenvalue weighted by Gasteiger charge is -2.28. The summed E-state index contributed by atoms with van der Waals surface area (Å²) in [7, 11) is -4.29. The van der Waals surface area contributed by atoms with Crippen molar-refractivity contribution in [2.45, 2.75) is 24.3 Å². The Morgan fingerprint density at radius 2 is 1.70 bits per heavy atom. The zero-order valence-corrected chi connectivity index (χ0v) is 16.7. The lowest BCUT2D eigenvalue weighted by Crippen LogP contribution is -2.36. The predicted molar refractivity (Wildman–Crippen MR) is 104 cm³/mol. The van der Waals surface area contributed by atoms with Gasteiger partial charge in [-0.3, -0.25) is 9.59 Å². The second-order valence-corrected chi connectivity index (χ2v) is 8.86. The monoisotopic (exact) mass is 438 g/mol. The molecular formula is C20H20F2N2O5S. The second kappa shape index (κ2) is 8.88. The van der Waals surface area contributed by atoms with Gasteiger partial charge in [-0.25, -0.2) is 17.2 Å². The molecule has 0 aliphatic carbocycles. The van der Waals surface area contributed by atoms with E-state index in [0.29, 0.717) is 30.2 Å². The van der Waals surface area contributed by atoms with Crippen LogP contribution in [0.4, 0.5) is 14.5 Å². The van der Waals surface area contributed by atoms with Crippen molar-refractivity contribution in [3.63, 3.8) is 0 Å². The summed E-state index contributed by atoms with van der Waals surface area (Å²) in [5.74, 6) is -2.84. The molecule has 0 unspecified atom stereocenters. The number of Topliss-reactive ketones (excluding diaryl/α,β-unsaturated/α-hetero) is 1. The van der Waals surface area contributed by atoms with Crippen molar-refractivity contribution in [3.8, 4) is 0 Å². The molecule has 30 heavy (non-hydrogen) atoms. The summed E-state index contributed by atoms with van der Waals surface area (Å²) in [4.78, 5) is 24.4. The number of benzene rings is 2. The third-order valence-electron chi connectivity index (χ3n) is 4.83. The molecule has 2 aromatic carbocycles. The zero-order chi connectivity index (χ0) is 21.9. The highest BCUT2D eigenvalue weighted by atomic mass is 32.2. The van der Waals surface area contributed by atoms with E-state index < -0.39 is 40.7 Å². The number of nitrogens with zero attached hydrogens (tertiary/aromatic N) is 2. The number of hydrogen-bond acceptors (Lipinski definition) is 5. The SMILES string of the molecule is O=C(O)CN(Cc1cc(F)ccc1F)S(=O)(=O)c1ccc(N2CCC(=O)CC2)cc1. The number of carbonyl (C=O) groups excluding carboxylic acids is 1. The number of carbonyl (C=O) groups is 2. The summed E-state index contributed by atoms with van der Waals surface area (Å²) in [6.45, 7) is -0.466. The summed E-state index contributed by atoms with van der Waals surface area (Å²) in [5, 5.41) is 9.12. The highest BCUT2D eigenvalue weighted by Crippen LogP contribution is 2.24. The minimum atomic E-state index is -4.29. The number of ketones is 1. The molecule has 0 saturated carbocycles. The van der Waals surface area contributed by atoms with Gasteiger partial charge in [0.25, 0.3) is 0 Å². The summed E-state index contributed by atoms with van der Waals surface area (Å²) in [6.07, 6.45) is 0.845. The van der Waals surface area contributed by atoms with Crippen molar-refractivity contribution >= 4 is 27.5 Å². The molecule has 0 spiro atoms. The Kier molecular flexibility index (Phi) is 6.47. The number of rotatable bonds is 7. The van der Waals surface area contributed by atoms with E-state index in [1.54, 1.807) is 12.1 Å². The Bertz CT molecular complexity index is 1050. The minimum Gasteiger partial charge on any atom is -0.480 e. The third kappa shape index (κ3) is 5.00. The van der Waals surface area contributed by atoms with Gasteiger partial charge in [-0.1, -0.05) is 0 Å². The Balaban J connectivity index is 1.86. The van der Waals surface area contributed by atoms with Crippen LogP contribution in [0.3, 0.4) is 0 Å². The van der Waals surface area contributed by atoms with Gasteiger partial charge in [0.15, 0.2) is 0 Å². The topological polar surface area (TPSA) is 95.0 Å². The largest absolute Gasteiger partial charge is 0.480 e. The number of aliphatic carboxylic acids is 1. The summed E-state index contributed by atoms with van der Waals surface area (Å²) in [5.41, 5.74) is 0.469. The highest BCUT2D eigenvalue weighted by molar-refractivity contribution is 7.89. The summed E-state index contributed by atoms with van der Waals surface area (Å²) in [6, 6.07) is 8.39. The van der Waals surface area contributed by atoms with Gasteiger partial charge in [-0.05, 0) is 42.5 Å². The average Bonchev–Trinajstić information content (AvgIpc) is 2.70. The number of sulfonamides is 1. The number of piperidine rings is 1. The molecule has 7 nitrogen and oxygen atoms in total. The lowest BCUT2D eigenvalue weighted by atomic mass is 10.1. The van der Waals surface area contributed by atoms with Crippen LogP contribution >= 0.6 is 0 Å². The van der Waals surface area contributed by atoms with Gasteiger partial charge in [0.1, 0.15) is 24.0 Å². The first-order valence-electron chi connectivity index (χ1n) is 9.19. The Labute approximate surface area is 172 Å². The second-order valence-electron chi connectivity index (χ2n) is 6.92. The van der Waals surface area contributed by atoms with E-state index in [9.17, 15) is 26.8 Å². The molecule has 1 fully saturated rings. The molecular weight excluding hydrogens is 418 g/mol. The van der Waals surface area contributed by atoms with Gasteiger partial charge in [-0.2, -0.15) is 4.31 Å². The molecule has 0 atom stereocenters. The van der Waals surface area contributed by atoms with Gasteiger partial charge >= 0.3 is 5.97 Å². The van der Waals surface area contributed by atoms with Crippen LogP contribution in [0.25, 0.3) is 0 Å². The maximum absolute atomic E-state index is 14.0. The van der Waals surface area contributed by atoms with E-state index in [1.165, 1.54) is 12.1 Å². The molecule has 1 N–H and O–H groups in total. The molecule has 0 radical (unpaired) electrons. The first-order chi connectivity index (χ1) is 14.2. The van der Waals surface area contributed by atoms with Crippen molar-refractivity contribution in [2.75, 3.05) is 24.5 Å². The van der Waals surface area contributed by atoms with Gasteiger partial charge < -0.3 is 10.0 Å². The van der Waals surface area contributed by atoms with Gasteiger partial charge in [0, 0.05) is 43.7 Å².